The van der Waals surface area contributed by atoms with E-state index in [1.807, 2.05) is 11.0 Å². The number of nitriles is 1. The summed E-state index contributed by atoms with van der Waals surface area (Å²) in [5.74, 6) is 0.471. The minimum Gasteiger partial charge on any atom is -0.337 e. The van der Waals surface area contributed by atoms with Crippen molar-refractivity contribution >= 4 is 5.91 Å². The fraction of sp³-hybridized carbons (Fsp3) is 0.692. The third kappa shape index (κ3) is 1.84. The predicted molar refractivity (Wildman–Crippen MR) is 61.4 cm³/mol. The van der Waals surface area contributed by atoms with Crippen molar-refractivity contribution in [2.75, 3.05) is 13.1 Å². The first kappa shape index (κ1) is 11.2. The summed E-state index contributed by atoms with van der Waals surface area (Å²) >= 11 is 0. The highest BCUT2D eigenvalue weighted by molar-refractivity contribution is 5.86. The van der Waals surface area contributed by atoms with Gasteiger partial charge in [0.1, 0.15) is 5.41 Å². The molecule has 0 aromatic heterocycles. The van der Waals surface area contributed by atoms with Crippen molar-refractivity contribution < 1.29 is 4.79 Å². The molecule has 0 aromatic carbocycles. The van der Waals surface area contributed by atoms with Crippen LogP contribution >= 0.6 is 0 Å². The van der Waals surface area contributed by atoms with Crippen molar-refractivity contribution in [3.63, 3.8) is 0 Å². The third-order valence-electron chi connectivity index (χ3n) is 3.67. The van der Waals surface area contributed by atoms with Crippen molar-refractivity contribution in [1.29, 1.82) is 5.26 Å². The van der Waals surface area contributed by atoms with Gasteiger partial charge in [-0.25, -0.2) is 0 Å². The van der Waals surface area contributed by atoms with Crippen molar-refractivity contribution in [1.82, 2.24) is 4.90 Å². The predicted octanol–water partition coefficient (Wildman–Crippen LogP) is 2.10. The van der Waals surface area contributed by atoms with Gasteiger partial charge < -0.3 is 4.90 Å². The number of hydrogen-bond donors (Lipinski definition) is 0. The zero-order chi connectivity index (χ0) is 11.6. The minimum absolute atomic E-state index is 0.0590. The highest BCUT2D eigenvalue weighted by Gasteiger charge is 2.44. The molecule has 86 valence electrons. The van der Waals surface area contributed by atoms with Crippen LogP contribution in [0.2, 0.25) is 0 Å². The summed E-state index contributed by atoms with van der Waals surface area (Å²) in [6.07, 6.45) is 7.69. The average molecular weight is 218 g/mol. The van der Waals surface area contributed by atoms with Crippen LogP contribution in [0.4, 0.5) is 0 Å². The van der Waals surface area contributed by atoms with Crippen LogP contribution in [0.5, 0.6) is 0 Å². The summed E-state index contributed by atoms with van der Waals surface area (Å²) in [5.41, 5.74) is -0.703. The molecule has 1 aliphatic carbocycles. The van der Waals surface area contributed by atoms with Crippen LogP contribution in [-0.2, 0) is 4.79 Å². The summed E-state index contributed by atoms with van der Waals surface area (Å²) in [6, 6.07) is 2.27. The van der Waals surface area contributed by atoms with Gasteiger partial charge in [0.2, 0.25) is 5.91 Å². The molecule has 3 nitrogen and oxygen atoms in total. The topological polar surface area (TPSA) is 44.1 Å². The molecule has 0 aromatic rings. The number of carbonyl (C=O) groups excluding carboxylic acids is 1. The molecule has 1 atom stereocenters. The van der Waals surface area contributed by atoms with Crippen LogP contribution in [-0.4, -0.2) is 23.9 Å². The Kier molecular flexibility index (Phi) is 3.00. The van der Waals surface area contributed by atoms with Crippen LogP contribution < -0.4 is 0 Å². The molecule has 1 fully saturated rings. The molecule has 0 bridgehead atoms. The molecular weight excluding hydrogens is 200 g/mol. The van der Waals surface area contributed by atoms with Gasteiger partial charge in [-0.3, -0.25) is 4.79 Å². The maximum Gasteiger partial charge on any atom is 0.243 e. The van der Waals surface area contributed by atoms with E-state index in [9.17, 15) is 10.1 Å². The second-order valence-corrected chi connectivity index (χ2v) is 5.02. The van der Waals surface area contributed by atoms with Crippen LogP contribution in [0.15, 0.2) is 12.2 Å². The van der Waals surface area contributed by atoms with Crippen molar-refractivity contribution in [3.8, 4) is 6.07 Å². The molecule has 0 radical (unpaired) electrons. The molecule has 16 heavy (non-hydrogen) atoms. The molecule has 2 aliphatic rings. The Bertz CT molecular complexity index is 347. The van der Waals surface area contributed by atoms with Gasteiger partial charge >= 0.3 is 0 Å². The summed E-state index contributed by atoms with van der Waals surface area (Å²) < 4.78 is 0. The lowest BCUT2D eigenvalue weighted by atomic mass is 9.85. The normalized spacial score (nSPS) is 27.8. The fourth-order valence-electron chi connectivity index (χ4n) is 2.72. The van der Waals surface area contributed by atoms with Gasteiger partial charge in [0.25, 0.3) is 0 Å². The standard InChI is InChI=1S/C13H18N2O/c1-11-5-4-8-15(9-11)12(16)13(10-14)6-2-3-7-13/h4-5,11H,2-3,6-9H2,1H3. The van der Waals surface area contributed by atoms with Crippen LogP contribution in [0, 0.1) is 22.7 Å². The molecule has 2 rings (SSSR count). The molecular formula is C13H18N2O. The van der Waals surface area contributed by atoms with Gasteiger partial charge in [-0.2, -0.15) is 5.26 Å². The van der Waals surface area contributed by atoms with Crippen molar-refractivity contribution in [3.05, 3.63) is 12.2 Å². The van der Waals surface area contributed by atoms with Gasteiger partial charge in [0.05, 0.1) is 6.07 Å². The first-order chi connectivity index (χ1) is 7.68. The van der Waals surface area contributed by atoms with E-state index in [1.54, 1.807) is 0 Å². The summed E-state index contributed by atoms with van der Waals surface area (Å²) in [4.78, 5) is 14.2. The van der Waals surface area contributed by atoms with Crippen molar-refractivity contribution in [2.24, 2.45) is 11.3 Å². The molecule has 1 amide bonds. The Morgan fingerprint density at radius 2 is 2.19 bits per heavy atom. The number of rotatable bonds is 1. The highest BCUT2D eigenvalue weighted by Crippen LogP contribution is 2.39. The molecule has 3 heteroatoms. The number of carbonyl (C=O) groups is 1. The lowest BCUT2D eigenvalue weighted by molar-refractivity contribution is -0.138. The Morgan fingerprint density at radius 1 is 1.50 bits per heavy atom. The van der Waals surface area contributed by atoms with Gasteiger partial charge in [-0.05, 0) is 18.8 Å². The van der Waals surface area contributed by atoms with Gasteiger partial charge in [-0.15, -0.1) is 0 Å². The third-order valence-corrected chi connectivity index (χ3v) is 3.67. The van der Waals surface area contributed by atoms with Gasteiger partial charge in [-0.1, -0.05) is 31.9 Å². The van der Waals surface area contributed by atoms with Crippen LogP contribution in [0.3, 0.4) is 0 Å². The van der Waals surface area contributed by atoms with E-state index in [0.29, 0.717) is 12.5 Å². The van der Waals surface area contributed by atoms with Crippen molar-refractivity contribution in [2.45, 2.75) is 32.6 Å². The first-order valence-corrected chi connectivity index (χ1v) is 6.05. The molecule has 1 saturated carbocycles. The zero-order valence-corrected chi connectivity index (χ0v) is 9.78. The Labute approximate surface area is 96.7 Å². The Hall–Kier alpha value is -1.30. The van der Waals surface area contributed by atoms with Crippen LogP contribution in [0.1, 0.15) is 32.6 Å². The van der Waals surface area contributed by atoms with E-state index in [-0.39, 0.29) is 5.91 Å². The molecule has 0 saturated heterocycles. The number of amides is 1. The SMILES string of the molecule is CC1C=CCN(C(=O)C2(C#N)CCCC2)C1. The molecule has 1 unspecified atom stereocenters. The monoisotopic (exact) mass is 218 g/mol. The summed E-state index contributed by atoms with van der Waals surface area (Å²) in [7, 11) is 0. The minimum atomic E-state index is -0.703. The maximum atomic E-state index is 12.4. The Balaban J connectivity index is 2.12. The second-order valence-electron chi connectivity index (χ2n) is 5.02. The van der Waals surface area contributed by atoms with E-state index in [4.69, 9.17) is 0 Å². The lowest BCUT2D eigenvalue weighted by Crippen LogP contribution is -2.45. The molecule has 0 N–H and O–H groups in total. The highest BCUT2D eigenvalue weighted by atomic mass is 16.2. The fourth-order valence-corrected chi connectivity index (χ4v) is 2.72. The molecule has 1 aliphatic heterocycles. The quantitative estimate of drug-likeness (QED) is 0.633. The second kappa shape index (κ2) is 4.29. The van der Waals surface area contributed by atoms with E-state index in [1.165, 1.54) is 0 Å². The molecule has 1 heterocycles. The van der Waals surface area contributed by atoms with E-state index in [0.717, 1.165) is 32.2 Å². The van der Waals surface area contributed by atoms with Crippen LogP contribution in [0.25, 0.3) is 0 Å². The summed E-state index contributed by atoms with van der Waals surface area (Å²) in [5, 5.41) is 9.27. The molecule has 0 spiro atoms. The summed E-state index contributed by atoms with van der Waals surface area (Å²) in [6.45, 7) is 3.54. The first-order valence-electron chi connectivity index (χ1n) is 6.05. The van der Waals surface area contributed by atoms with Gasteiger partial charge in [0, 0.05) is 13.1 Å². The largest absolute Gasteiger partial charge is 0.337 e. The van der Waals surface area contributed by atoms with Gasteiger partial charge in [0.15, 0.2) is 0 Å². The van der Waals surface area contributed by atoms with E-state index < -0.39 is 5.41 Å². The van der Waals surface area contributed by atoms with E-state index >= 15 is 0 Å². The zero-order valence-electron chi connectivity index (χ0n) is 9.78. The Morgan fingerprint density at radius 3 is 2.75 bits per heavy atom. The lowest BCUT2D eigenvalue weighted by Gasteiger charge is -2.32. The average Bonchev–Trinajstić information content (AvgIpc) is 2.78. The number of nitrogens with zero attached hydrogens (tertiary/aromatic N) is 2. The number of hydrogen-bond acceptors (Lipinski definition) is 2. The maximum absolute atomic E-state index is 12.4. The smallest absolute Gasteiger partial charge is 0.243 e. The van der Waals surface area contributed by atoms with E-state index in [2.05, 4.69) is 19.1 Å².